The molecule has 690 valence electrons. The molecule has 0 radical (unpaired) electrons. The number of hydrogen-bond donors (Lipinski definition) is 6. The molecule has 12 aliphatic carbocycles. The molecule has 0 bridgehead atoms. The summed E-state index contributed by atoms with van der Waals surface area (Å²) in [5.74, 6) is -3.04. The minimum absolute atomic E-state index is 0.00425. The van der Waals surface area contributed by atoms with E-state index in [1.54, 1.807) is 43.8 Å². The molecular formula is C107H115F4NO17S2. The van der Waals surface area contributed by atoms with Crippen molar-refractivity contribution < 1.29 is 100 Å². The number of ether oxygens (including phenoxy) is 6. The fraction of sp³-hybridized carbons (Fsp3) is 0.495. The molecule has 0 amide bonds. The maximum Gasteiger partial charge on any atom is 0.226 e. The van der Waals surface area contributed by atoms with Crippen molar-refractivity contribution in [3.63, 3.8) is 0 Å². The quantitative estimate of drug-likeness (QED) is 0.0298. The number of nitrogen functional groups attached to an aromatic ring is 1. The van der Waals surface area contributed by atoms with Crippen molar-refractivity contribution in [2.24, 2.45) is 73.9 Å². The summed E-state index contributed by atoms with van der Waals surface area (Å²) < 4.78 is 104. The zero-order chi connectivity index (χ0) is 92.5. The molecule has 12 fully saturated rings. The number of aryl methyl sites for hydroxylation is 2. The number of rotatable bonds is 16. The van der Waals surface area contributed by atoms with E-state index in [1.807, 2.05) is 116 Å². The fourth-order valence-electron chi connectivity index (χ4n) is 28.4. The Balaban J connectivity index is 0.000000127. The van der Waals surface area contributed by atoms with Crippen LogP contribution < -0.4 is 5.73 Å². The van der Waals surface area contributed by atoms with E-state index < -0.39 is 176 Å². The van der Waals surface area contributed by atoms with Crippen LogP contribution in [0, 0.1) is 87.8 Å². The third-order valence-electron chi connectivity index (χ3n) is 34.6. The second-order valence-electron chi connectivity index (χ2n) is 41.1. The summed E-state index contributed by atoms with van der Waals surface area (Å²) in [5.41, 5.74) is 4.02. The highest BCUT2D eigenvalue weighted by Gasteiger charge is 2.83. The predicted molar refractivity (Wildman–Crippen MR) is 486 cm³/mol. The molecule has 0 aromatic heterocycles. The van der Waals surface area contributed by atoms with Gasteiger partial charge in [-0.25, -0.2) is 17.6 Å². The molecule has 6 aromatic carbocycles. The van der Waals surface area contributed by atoms with Gasteiger partial charge in [-0.2, -0.15) is 0 Å². The summed E-state index contributed by atoms with van der Waals surface area (Å²) in [6.45, 7) is 13.9. The molecule has 6 aromatic rings. The summed E-state index contributed by atoms with van der Waals surface area (Å²) in [5, 5.41) is 55.0. The van der Waals surface area contributed by atoms with Crippen LogP contribution in [0.25, 0.3) is 0 Å². The lowest BCUT2D eigenvalue weighted by atomic mass is 9.44. The second-order valence-corrected chi connectivity index (χ2v) is 43.0. The van der Waals surface area contributed by atoms with Gasteiger partial charge < -0.3 is 59.7 Å². The average Bonchev–Trinajstić information content (AvgIpc) is 1.60. The van der Waals surface area contributed by atoms with E-state index in [1.165, 1.54) is 52.8 Å². The summed E-state index contributed by atoms with van der Waals surface area (Å²) in [4.78, 5) is 79.0. The first-order valence-electron chi connectivity index (χ1n) is 46.2. The minimum atomic E-state index is -2.30. The number of aliphatic hydroxyl groups excluding tert-OH is 5. The normalized spacial score (nSPS) is 40.8. The van der Waals surface area contributed by atoms with E-state index in [-0.39, 0.29) is 72.3 Å². The zero-order valence-corrected chi connectivity index (χ0v) is 76.6. The van der Waals surface area contributed by atoms with Crippen LogP contribution in [0.3, 0.4) is 0 Å². The number of carbonyl (C=O) groups excluding carboxylic acids is 6. The SMILES string of the molecule is C[C@]12C=CC(=O)C=C1CC[C@@H]1[C@@H]2[C@@H](O)C[C@@]2(C)[C@H]1C[C@H]1O[C@@H](c3ccc(Cc4cccc(N)c4)cc3)O[C@]12C(=O)CO.Cc1cccc(Cc2ccc([C@@H]3O[C@@H]4C[C@H]5[C@@H]6C[C@H](F)C7=CC(=O)C=C[C@]7(C)[C@@]6(F)[C@@H](O)C[C@]5(C)[C@]4(C(=O)SCF)O3)cc2)c1.Cc1cccc(SCc2ccc([C@@H]3O[C@@H]4C[C@H]5[C@@H]6CCC7=CC(=O)C=C[C@]7(C)[C@@]6(F)[C@@H](O)C[C@]5(C)[C@]4(C(=O)CO)O3)cc2)c1. The molecule has 15 aliphatic rings. The van der Waals surface area contributed by atoms with Gasteiger partial charge >= 0.3 is 0 Å². The minimum Gasteiger partial charge on any atom is -0.399 e. The number of benzene rings is 6. The van der Waals surface area contributed by atoms with E-state index >= 15 is 13.2 Å². The Morgan fingerprint density at radius 3 is 1.52 bits per heavy atom. The summed E-state index contributed by atoms with van der Waals surface area (Å²) >= 11 is 2.24. The number of Topliss-reactive ketones (excluding diaryl/α,β-unsaturated/α-hetero) is 2. The first kappa shape index (κ1) is 91.7. The largest absolute Gasteiger partial charge is 0.399 e. The van der Waals surface area contributed by atoms with Crippen LogP contribution in [-0.2, 0) is 75.8 Å². The van der Waals surface area contributed by atoms with Gasteiger partial charge in [0.25, 0.3) is 0 Å². The Labute approximate surface area is 769 Å². The Bertz CT molecular complexity index is 5780. The monoisotopic (exact) mass is 1830 g/mol. The van der Waals surface area contributed by atoms with Crippen molar-refractivity contribution in [2.45, 2.75) is 239 Å². The number of ketones is 5. The van der Waals surface area contributed by atoms with Gasteiger partial charge in [0.2, 0.25) is 5.12 Å². The number of anilines is 1. The van der Waals surface area contributed by atoms with Crippen LogP contribution in [0.5, 0.6) is 0 Å². The molecule has 3 aliphatic heterocycles. The fourth-order valence-corrected chi connectivity index (χ4v) is 30.1. The lowest BCUT2D eigenvalue weighted by Gasteiger charge is -2.63. The molecule has 24 heteroatoms. The van der Waals surface area contributed by atoms with Crippen molar-refractivity contribution >= 4 is 63.2 Å². The molecule has 9 saturated carbocycles. The third-order valence-corrected chi connectivity index (χ3v) is 36.3. The predicted octanol–water partition coefficient (Wildman–Crippen LogP) is 17.3. The van der Waals surface area contributed by atoms with Crippen LogP contribution in [0.15, 0.2) is 222 Å². The Morgan fingerprint density at radius 2 is 0.962 bits per heavy atom. The van der Waals surface area contributed by atoms with Gasteiger partial charge in [-0.3, -0.25) is 28.8 Å². The molecule has 0 spiro atoms. The van der Waals surface area contributed by atoms with Crippen LogP contribution in [0.4, 0.5) is 23.2 Å². The lowest BCUT2D eigenvalue weighted by Crippen LogP contribution is -2.70. The van der Waals surface area contributed by atoms with E-state index in [2.05, 4.69) is 70.2 Å². The van der Waals surface area contributed by atoms with Crippen LogP contribution >= 0.6 is 23.5 Å². The van der Waals surface area contributed by atoms with Crippen LogP contribution in [0.1, 0.15) is 187 Å². The number of nitrogens with two attached hydrogens (primary N) is 1. The smallest absolute Gasteiger partial charge is 0.226 e. The van der Waals surface area contributed by atoms with Crippen molar-refractivity contribution in [3.8, 4) is 0 Å². The Morgan fingerprint density at radius 1 is 0.496 bits per heavy atom. The van der Waals surface area contributed by atoms with Crippen molar-refractivity contribution in [1.29, 1.82) is 0 Å². The van der Waals surface area contributed by atoms with Gasteiger partial charge in [0.05, 0.1) is 36.6 Å². The van der Waals surface area contributed by atoms with Gasteiger partial charge in [-0.1, -0.05) is 201 Å². The van der Waals surface area contributed by atoms with Crippen LogP contribution in [-0.4, -0.2) is 150 Å². The number of aliphatic hydroxyl groups is 5. The lowest BCUT2D eigenvalue weighted by molar-refractivity contribution is -0.232. The highest BCUT2D eigenvalue weighted by Crippen LogP contribution is 2.77. The number of allylic oxidation sites excluding steroid dienone is 12. The first-order valence-corrected chi connectivity index (χ1v) is 48.2. The summed E-state index contributed by atoms with van der Waals surface area (Å²) in [6, 6.07) is 47.2. The molecule has 28 atom stereocenters. The van der Waals surface area contributed by atoms with Crippen LogP contribution in [0.2, 0.25) is 0 Å². The van der Waals surface area contributed by atoms with Gasteiger partial charge in [0.15, 0.2) is 75.9 Å². The van der Waals surface area contributed by atoms with Crippen molar-refractivity contribution in [2.75, 3.05) is 25.0 Å². The van der Waals surface area contributed by atoms with E-state index in [4.69, 9.17) is 34.2 Å². The van der Waals surface area contributed by atoms with Gasteiger partial charge in [-0.15, -0.1) is 11.8 Å². The van der Waals surface area contributed by atoms with Crippen molar-refractivity contribution in [3.05, 3.63) is 273 Å². The molecule has 0 unspecified atom stereocenters. The Kier molecular flexibility index (Phi) is 23.5. The average molecular weight is 1830 g/mol. The number of halogens is 4. The molecule has 3 saturated heterocycles. The van der Waals surface area contributed by atoms with Gasteiger partial charge in [0.1, 0.15) is 25.4 Å². The highest BCUT2D eigenvalue weighted by atomic mass is 32.2. The first-order chi connectivity index (χ1) is 62.4. The van der Waals surface area contributed by atoms with Crippen molar-refractivity contribution in [1.82, 2.24) is 0 Å². The topological polar surface area (TPSA) is 285 Å². The summed E-state index contributed by atoms with van der Waals surface area (Å²) in [6.07, 6.45) is 8.95. The van der Waals surface area contributed by atoms with E-state index in [0.29, 0.717) is 55.0 Å². The maximum atomic E-state index is 17.6. The molecule has 18 nitrogen and oxygen atoms in total. The second kappa shape index (κ2) is 33.5. The molecule has 21 rings (SSSR count). The standard InChI is InChI=1S/C36H37F3O5S.C36H39FO6S.C35H39NO6/c1-20-5-4-6-22(13-20)14-21-7-9-23(10-8-21)31-43-30-17-25-26-16-28(38)27-15-24(40)11-12-33(27,2)35(26,39)29(41)18-34(25,3)36(30,44-31)32(42)45-19-37;1-21-5-4-6-26(15-21)44-20-22-7-9-23(10-8-22)32-42-31-17-28-27-12-11-24-16-25(39)13-14-33(24,2)35(27,37)29(40)18-34(28,3)36(31,43-32)30(41)19-38;1-33-13-12-25(38)16-23(33)10-11-26-27-17-30-35(29(40)19-37,34(27,2)18-28(39)31(26)33)42-32(41-30)22-8-6-20(7-9-22)14-21-4-3-5-24(36)15-21/h4-13,15,25-26,28-31,41H,14,16-19H2,1-3H3;4-10,13-16,27-29,31-32,38,40H,11-12,17-20H2,1-3H3;3-9,12-13,15-16,26-28,30-32,37,39H,10-11,14,17-19,36H2,1-2H3/t25-,26-,28-,29-,30+,31+,33-,34-,35-,36-;27-,28-,29-,31+,32+,33-,34-,35-,36+;26-,27-,28-,30+,31+,32+,33-,34-,35+/m000/s1. The maximum absolute atomic E-state index is 17.6. The number of carbonyl (C=O) groups is 6. The third kappa shape index (κ3) is 14.0. The molecule has 131 heavy (non-hydrogen) atoms. The number of alkyl halides is 4. The zero-order valence-electron chi connectivity index (χ0n) is 74.9. The summed E-state index contributed by atoms with van der Waals surface area (Å²) in [7, 11) is 0. The highest BCUT2D eigenvalue weighted by molar-refractivity contribution is 8.13. The van der Waals surface area contributed by atoms with Gasteiger partial charge in [-0.05, 0) is 229 Å². The number of thioether (sulfide) groups is 2. The van der Waals surface area contributed by atoms with Gasteiger partial charge in [0, 0.05) is 83.3 Å². The molecule has 7 N–H and O–H groups in total. The number of hydrogen-bond acceptors (Lipinski definition) is 20. The van der Waals surface area contributed by atoms with E-state index in [9.17, 15) is 58.7 Å². The van der Waals surface area contributed by atoms with E-state index in [0.717, 1.165) is 82.2 Å². The molecule has 3 heterocycles. The Hall–Kier alpha value is -8.44. The molecular weight excluding hydrogens is 1710 g/mol. The number of fused-ring (bicyclic) bond motifs is 21.